The van der Waals surface area contributed by atoms with Gasteiger partial charge >= 0.3 is 0 Å². The number of carbonyl (C=O) groups excluding carboxylic acids is 1. The molecule has 0 amide bonds. The number of hydrogen-bond donors (Lipinski definition) is 2. The molecule has 50 valence electrons. The fourth-order valence-electron chi connectivity index (χ4n) is 0.488. The lowest BCUT2D eigenvalue weighted by Gasteiger charge is -2.08. The standard InChI is InChI=1S/C4H7N3OS/c5-4-3-7(1-2-8)6-9-4/h2-3,6H,1,5H2. The average Bonchev–Trinajstić information content (AvgIpc) is 2.17. The molecule has 0 aliphatic carbocycles. The van der Waals surface area contributed by atoms with E-state index in [2.05, 4.69) is 4.83 Å². The Morgan fingerprint density at radius 1 is 2.00 bits per heavy atom. The highest BCUT2D eigenvalue weighted by atomic mass is 32.2. The molecule has 0 spiro atoms. The second-order valence-corrected chi connectivity index (χ2v) is 2.40. The third kappa shape index (κ3) is 1.62. The Bertz CT molecular complexity index is 147. The Balaban J connectivity index is 2.37. The molecule has 0 aromatic carbocycles. The van der Waals surface area contributed by atoms with E-state index in [0.717, 1.165) is 6.29 Å². The van der Waals surface area contributed by atoms with Gasteiger partial charge in [0.15, 0.2) is 0 Å². The molecule has 4 nitrogen and oxygen atoms in total. The van der Waals surface area contributed by atoms with Crippen LogP contribution in [0.2, 0.25) is 0 Å². The summed E-state index contributed by atoms with van der Waals surface area (Å²) in [6, 6.07) is 0. The maximum atomic E-state index is 9.91. The molecule has 0 saturated heterocycles. The molecule has 0 fully saturated rings. The Morgan fingerprint density at radius 2 is 2.78 bits per heavy atom. The molecule has 0 bridgehead atoms. The van der Waals surface area contributed by atoms with Gasteiger partial charge in [-0.15, -0.1) is 0 Å². The first-order valence-electron chi connectivity index (χ1n) is 2.43. The number of hydrogen-bond acceptors (Lipinski definition) is 5. The van der Waals surface area contributed by atoms with E-state index in [9.17, 15) is 4.79 Å². The summed E-state index contributed by atoms with van der Waals surface area (Å²) < 4.78 is 0. The van der Waals surface area contributed by atoms with Crippen molar-refractivity contribution in [2.45, 2.75) is 0 Å². The van der Waals surface area contributed by atoms with Crippen molar-refractivity contribution in [1.82, 2.24) is 9.84 Å². The first kappa shape index (κ1) is 6.44. The highest BCUT2D eigenvalue weighted by molar-refractivity contribution is 8.01. The number of carbonyl (C=O) groups is 1. The molecular weight excluding hydrogens is 138 g/mol. The van der Waals surface area contributed by atoms with Crippen molar-refractivity contribution >= 4 is 18.2 Å². The number of hydrazine groups is 1. The van der Waals surface area contributed by atoms with Crippen LogP contribution in [-0.2, 0) is 4.79 Å². The fourth-order valence-corrected chi connectivity index (χ4v) is 1.02. The summed E-state index contributed by atoms with van der Waals surface area (Å²) in [5.74, 6) is 0. The molecule has 1 heterocycles. The van der Waals surface area contributed by atoms with Gasteiger partial charge in [0.2, 0.25) is 0 Å². The van der Waals surface area contributed by atoms with Gasteiger partial charge in [-0.05, 0) is 11.9 Å². The normalized spacial score (nSPS) is 17.8. The van der Waals surface area contributed by atoms with Crippen molar-refractivity contribution in [2.75, 3.05) is 6.54 Å². The second-order valence-electron chi connectivity index (χ2n) is 1.54. The van der Waals surface area contributed by atoms with Crippen LogP contribution in [0.4, 0.5) is 0 Å². The summed E-state index contributed by atoms with van der Waals surface area (Å²) in [5, 5.41) is 2.30. The van der Waals surface area contributed by atoms with Gasteiger partial charge in [0, 0.05) is 6.20 Å². The second kappa shape index (κ2) is 2.75. The van der Waals surface area contributed by atoms with Gasteiger partial charge in [-0.1, -0.05) is 0 Å². The Kier molecular flexibility index (Phi) is 1.96. The minimum absolute atomic E-state index is 0.341. The molecule has 0 aromatic rings. The minimum atomic E-state index is 0.341. The van der Waals surface area contributed by atoms with Crippen LogP contribution in [-0.4, -0.2) is 17.8 Å². The summed E-state index contributed by atoms with van der Waals surface area (Å²) in [6.45, 7) is 0.341. The van der Waals surface area contributed by atoms with E-state index in [1.807, 2.05) is 0 Å². The van der Waals surface area contributed by atoms with Crippen LogP contribution in [0, 0.1) is 0 Å². The number of nitrogens with one attached hydrogen (secondary N) is 1. The summed E-state index contributed by atoms with van der Waals surface area (Å²) in [4.78, 5) is 12.7. The monoisotopic (exact) mass is 145 g/mol. The number of rotatable bonds is 2. The van der Waals surface area contributed by atoms with E-state index in [-0.39, 0.29) is 0 Å². The highest BCUT2D eigenvalue weighted by Crippen LogP contribution is 2.12. The Labute approximate surface area is 57.2 Å². The first-order chi connectivity index (χ1) is 4.33. The van der Waals surface area contributed by atoms with Crippen molar-refractivity contribution in [1.29, 1.82) is 0 Å². The summed E-state index contributed by atoms with van der Waals surface area (Å²) >= 11 is 1.30. The summed E-state index contributed by atoms with van der Waals surface area (Å²) in [5.41, 5.74) is 5.36. The van der Waals surface area contributed by atoms with Crippen LogP contribution in [0.5, 0.6) is 0 Å². The zero-order valence-electron chi connectivity index (χ0n) is 4.70. The van der Waals surface area contributed by atoms with Gasteiger partial charge in [0.05, 0.1) is 6.54 Å². The lowest BCUT2D eigenvalue weighted by molar-refractivity contribution is -0.108. The lowest BCUT2D eigenvalue weighted by Crippen LogP contribution is -2.25. The van der Waals surface area contributed by atoms with Gasteiger partial charge < -0.3 is 10.5 Å². The van der Waals surface area contributed by atoms with Crippen LogP contribution in [0.15, 0.2) is 11.2 Å². The third-order valence-corrected chi connectivity index (χ3v) is 1.50. The van der Waals surface area contributed by atoms with Crippen LogP contribution >= 0.6 is 11.9 Å². The zero-order chi connectivity index (χ0) is 6.69. The van der Waals surface area contributed by atoms with E-state index < -0.39 is 0 Å². The molecule has 0 radical (unpaired) electrons. The molecular formula is C4H7N3OS. The number of nitrogens with two attached hydrogens (primary N) is 1. The molecule has 1 aliphatic rings. The van der Waals surface area contributed by atoms with E-state index in [1.54, 1.807) is 11.2 Å². The first-order valence-corrected chi connectivity index (χ1v) is 3.24. The van der Waals surface area contributed by atoms with E-state index in [4.69, 9.17) is 5.73 Å². The zero-order valence-corrected chi connectivity index (χ0v) is 5.52. The molecule has 1 aliphatic heterocycles. The van der Waals surface area contributed by atoms with Gasteiger partial charge in [-0.3, -0.25) is 5.01 Å². The SMILES string of the molecule is NC1=CN(CC=O)NS1. The van der Waals surface area contributed by atoms with Gasteiger partial charge in [-0.25, -0.2) is 0 Å². The predicted octanol–water partition coefficient (Wildman–Crippen LogP) is -0.589. The van der Waals surface area contributed by atoms with Crippen molar-refractivity contribution < 1.29 is 4.79 Å². The van der Waals surface area contributed by atoms with Gasteiger partial charge in [0.25, 0.3) is 0 Å². The maximum absolute atomic E-state index is 9.91. The van der Waals surface area contributed by atoms with E-state index in [0.29, 0.717) is 11.6 Å². The summed E-state index contributed by atoms with van der Waals surface area (Å²) in [7, 11) is 0. The molecule has 9 heavy (non-hydrogen) atoms. The van der Waals surface area contributed by atoms with E-state index >= 15 is 0 Å². The fraction of sp³-hybridized carbons (Fsp3) is 0.250. The largest absolute Gasteiger partial charge is 0.391 e. The molecule has 0 saturated carbocycles. The van der Waals surface area contributed by atoms with Crippen molar-refractivity contribution in [2.24, 2.45) is 5.73 Å². The molecule has 3 N–H and O–H groups in total. The Morgan fingerprint density at radius 3 is 3.22 bits per heavy atom. The van der Waals surface area contributed by atoms with Crippen molar-refractivity contribution in [3.63, 3.8) is 0 Å². The quantitative estimate of drug-likeness (QED) is 0.402. The number of nitrogens with zero attached hydrogens (tertiary/aromatic N) is 1. The molecule has 0 atom stereocenters. The van der Waals surface area contributed by atoms with Crippen LogP contribution in [0.3, 0.4) is 0 Å². The third-order valence-electron chi connectivity index (χ3n) is 0.835. The summed E-state index contributed by atoms with van der Waals surface area (Å²) in [6.07, 6.45) is 2.49. The van der Waals surface area contributed by atoms with E-state index in [1.165, 1.54) is 11.9 Å². The molecule has 0 unspecified atom stereocenters. The molecule has 0 aromatic heterocycles. The molecule has 5 heteroatoms. The van der Waals surface area contributed by atoms with Crippen molar-refractivity contribution in [3.8, 4) is 0 Å². The van der Waals surface area contributed by atoms with Crippen molar-refractivity contribution in [3.05, 3.63) is 11.2 Å². The topological polar surface area (TPSA) is 58.4 Å². The van der Waals surface area contributed by atoms with Gasteiger partial charge in [-0.2, -0.15) is 4.83 Å². The Hall–Kier alpha value is -0.680. The average molecular weight is 145 g/mol. The number of aldehydes is 1. The minimum Gasteiger partial charge on any atom is -0.391 e. The lowest BCUT2D eigenvalue weighted by atomic mass is 10.7. The van der Waals surface area contributed by atoms with Crippen LogP contribution < -0.4 is 10.6 Å². The van der Waals surface area contributed by atoms with Crippen LogP contribution in [0.1, 0.15) is 0 Å². The van der Waals surface area contributed by atoms with Crippen LogP contribution in [0.25, 0.3) is 0 Å². The highest BCUT2D eigenvalue weighted by Gasteiger charge is 2.07. The predicted molar refractivity (Wildman–Crippen MR) is 35.8 cm³/mol. The smallest absolute Gasteiger partial charge is 0.140 e. The maximum Gasteiger partial charge on any atom is 0.140 e. The van der Waals surface area contributed by atoms with Gasteiger partial charge in [0.1, 0.15) is 11.3 Å². The molecule has 1 rings (SSSR count).